The maximum Gasteiger partial charge on any atom is 0.316 e. The van der Waals surface area contributed by atoms with Crippen molar-refractivity contribution in [3.05, 3.63) is 64.7 Å². The smallest absolute Gasteiger partial charge is 0.316 e. The number of nitro groups is 1. The molecule has 0 amide bonds. The van der Waals surface area contributed by atoms with Gasteiger partial charge in [-0.2, -0.15) is 0 Å². The van der Waals surface area contributed by atoms with E-state index < -0.39 is 0 Å². The summed E-state index contributed by atoms with van der Waals surface area (Å²) in [4.78, 5) is 12.9. The molecule has 1 saturated carbocycles. The third-order valence-electron chi connectivity index (χ3n) is 6.82. The van der Waals surface area contributed by atoms with Crippen molar-refractivity contribution in [2.45, 2.75) is 56.7 Å². The first kappa shape index (κ1) is 22.3. The largest absolute Gasteiger partial charge is 0.403 e. The maximum atomic E-state index is 11.0. The number of piperidine rings is 1. The molecule has 0 spiro atoms. The lowest BCUT2D eigenvalue weighted by Crippen LogP contribution is -2.54. The third-order valence-corrected chi connectivity index (χ3v) is 6.82. The van der Waals surface area contributed by atoms with E-state index in [1.807, 2.05) is 42.5 Å². The van der Waals surface area contributed by atoms with Gasteiger partial charge >= 0.3 is 6.01 Å². The van der Waals surface area contributed by atoms with Gasteiger partial charge in [0, 0.05) is 54.6 Å². The number of anilines is 2. The molecule has 178 valence electrons. The van der Waals surface area contributed by atoms with Crippen molar-refractivity contribution in [3.8, 4) is 11.5 Å². The number of non-ortho nitro benzene ring substituents is 1. The highest BCUT2D eigenvalue weighted by Crippen LogP contribution is 2.27. The van der Waals surface area contributed by atoms with E-state index in [1.54, 1.807) is 12.1 Å². The van der Waals surface area contributed by atoms with E-state index in [-0.39, 0.29) is 16.7 Å². The van der Waals surface area contributed by atoms with E-state index in [0.29, 0.717) is 24.0 Å². The monoisotopic (exact) mass is 462 g/mol. The number of hydrogen-bond acceptors (Lipinski definition) is 8. The van der Waals surface area contributed by atoms with Crippen molar-refractivity contribution in [1.82, 2.24) is 15.5 Å². The van der Waals surface area contributed by atoms with Gasteiger partial charge < -0.3 is 20.0 Å². The summed E-state index contributed by atoms with van der Waals surface area (Å²) in [5, 5.41) is 26.8. The minimum atomic E-state index is -0.354. The summed E-state index contributed by atoms with van der Waals surface area (Å²) in [6.07, 6.45) is 6.74. The van der Waals surface area contributed by atoms with E-state index in [2.05, 4.69) is 25.7 Å². The SMILES string of the molecule is O=[N+]([O-])c1ccc(N2CCC[C@H](NC3CCCCC3Nc3nnc(-c4ccccc4)o3)C2)cc1. The summed E-state index contributed by atoms with van der Waals surface area (Å²) in [6.45, 7) is 1.85. The predicted octanol–water partition coefficient (Wildman–Crippen LogP) is 4.63. The molecule has 1 aromatic heterocycles. The molecule has 2 N–H and O–H groups in total. The molecule has 9 heteroatoms. The zero-order valence-electron chi connectivity index (χ0n) is 19.1. The van der Waals surface area contributed by atoms with Crippen molar-refractivity contribution in [2.75, 3.05) is 23.3 Å². The second-order valence-electron chi connectivity index (χ2n) is 9.15. The Morgan fingerprint density at radius 2 is 1.71 bits per heavy atom. The Kier molecular flexibility index (Phi) is 6.71. The third kappa shape index (κ3) is 5.20. The lowest BCUT2D eigenvalue weighted by Gasteiger charge is -2.40. The van der Waals surface area contributed by atoms with Crippen LogP contribution in [0.1, 0.15) is 38.5 Å². The molecule has 1 aliphatic heterocycles. The van der Waals surface area contributed by atoms with Crippen LogP contribution in [-0.4, -0.2) is 46.3 Å². The van der Waals surface area contributed by atoms with Gasteiger partial charge in [0.05, 0.1) is 4.92 Å². The van der Waals surface area contributed by atoms with E-state index in [9.17, 15) is 10.1 Å². The molecule has 34 heavy (non-hydrogen) atoms. The van der Waals surface area contributed by atoms with Gasteiger partial charge in [-0.15, -0.1) is 5.10 Å². The van der Waals surface area contributed by atoms with Crippen LogP contribution in [0.2, 0.25) is 0 Å². The molecule has 0 bridgehead atoms. The minimum absolute atomic E-state index is 0.128. The quantitative estimate of drug-likeness (QED) is 0.386. The van der Waals surface area contributed by atoms with Gasteiger partial charge in [0.25, 0.3) is 5.69 Å². The molecule has 3 aromatic rings. The fraction of sp³-hybridized carbons (Fsp3) is 0.440. The molecule has 3 atom stereocenters. The van der Waals surface area contributed by atoms with E-state index in [4.69, 9.17) is 4.42 Å². The highest BCUT2D eigenvalue weighted by atomic mass is 16.6. The molecule has 5 rings (SSSR count). The fourth-order valence-corrected chi connectivity index (χ4v) is 5.08. The highest BCUT2D eigenvalue weighted by Gasteiger charge is 2.30. The summed E-state index contributed by atoms with van der Waals surface area (Å²) in [7, 11) is 0. The number of nitro benzene ring substituents is 1. The molecule has 2 unspecified atom stereocenters. The molecular weight excluding hydrogens is 432 g/mol. The Bertz CT molecular complexity index is 1090. The number of rotatable bonds is 7. The summed E-state index contributed by atoms with van der Waals surface area (Å²) in [5.74, 6) is 0.523. The maximum absolute atomic E-state index is 11.0. The Morgan fingerprint density at radius 1 is 0.941 bits per heavy atom. The number of hydrogen-bond donors (Lipinski definition) is 2. The standard InChI is InChI=1S/C25H30N6O3/c32-31(33)21-14-12-20(13-15-21)30-16-6-9-19(17-30)26-22-10-4-5-11-23(22)27-25-29-28-24(34-25)18-7-2-1-3-8-18/h1-3,7-8,12-15,19,22-23,26H,4-6,9-11,16-17H2,(H,27,29)/t19-,22?,23?/m0/s1. The Morgan fingerprint density at radius 3 is 2.47 bits per heavy atom. The number of nitrogens with one attached hydrogen (secondary N) is 2. The van der Waals surface area contributed by atoms with Crippen LogP contribution in [0.25, 0.3) is 11.5 Å². The first-order chi connectivity index (χ1) is 16.7. The summed E-state index contributed by atoms with van der Waals surface area (Å²) >= 11 is 0. The van der Waals surface area contributed by atoms with Gasteiger partial charge in [-0.25, -0.2) is 0 Å². The molecule has 2 heterocycles. The van der Waals surface area contributed by atoms with Crippen LogP contribution >= 0.6 is 0 Å². The molecule has 2 aliphatic rings. The van der Waals surface area contributed by atoms with Crippen LogP contribution in [0.3, 0.4) is 0 Å². The fourth-order valence-electron chi connectivity index (χ4n) is 5.08. The normalized spacial score (nSPS) is 22.9. The molecule has 9 nitrogen and oxygen atoms in total. The molecule has 2 aromatic carbocycles. The lowest BCUT2D eigenvalue weighted by molar-refractivity contribution is -0.384. The number of aromatic nitrogens is 2. The van der Waals surface area contributed by atoms with Crippen LogP contribution in [0.15, 0.2) is 59.0 Å². The van der Waals surface area contributed by atoms with Crippen molar-refractivity contribution in [3.63, 3.8) is 0 Å². The highest BCUT2D eigenvalue weighted by molar-refractivity contribution is 5.53. The summed E-state index contributed by atoms with van der Waals surface area (Å²) in [6, 6.07) is 18.0. The zero-order chi connectivity index (χ0) is 23.3. The average molecular weight is 463 g/mol. The molecule has 1 saturated heterocycles. The second-order valence-corrected chi connectivity index (χ2v) is 9.15. The molecule has 2 fully saturated rings. The summed E-state index contributed by atoms with van der Waals surface area (Å²) < 4.78 is 5.89. The van der Waals surface area contributed by atoms with Gasteiger partial charge in [0.2, 0.25) is 5.89 Å². The van der Waals surface area contributed by atoms with Gasteiger partial charge in [0.15, 0.2) is 0 Å². The first-order valence-electron chi connectivity index (χ1n) is 12.1. The van der Waals surface area contributed by atoms with Crippen molar-refractivity contribution in [1.29, 1.82) is 0 Å². The van der Waals surface area contributed by atoms with Crippen LogP contribution in [0, 0.1) is 10.1 Å². The van der Waals surface area contributed by atoms with Crippen LogP contribution < -0.4 is 15.5 Å². The van der Waals surface area contributed by atoms with Crippen molar-refractivity contribution < 1.29 is 9.34 Å². The van der Waals surface area contributed by atoms with Crippen LogP contribution in [-0.2, 0) is 0 Å². The number of nitrogens with zero attached hydrogens (tertiary/aromatic N) is 4. The van der Waals surface area contributed by atoms with E-state index in [1.165, 1.54) is 12.8 Å². The molecule has 1 aliphatic carbocycles. The van der Waals surface area contributed by atoms with Crippen molar-refractivity contribution >= 4 is 17.4 Å². The van der Waals surface area contributed by atoms with E-state index >= 15 is 0 Å². The van der Waals surface area contributed by atoms with Crippen molar-refractivity contribution in [2.24, 2.45) is 0 Å². The van der Waals surface area contributed by atoms with Gasteiger partial charge in [-0.05, 0) is 49.9 Å². The lowest BCUT2D eigenvalue weighted by atomic mass is 9.89. The number of benzene rings is 2. The second kappa shape index (κ2) is 10.2. The average Bonchev–Trinajstić information content (AvgIpc) is 3.35. The first-order valence-corrected chi connectivity index (χ1v) is 12.1. The molecule has 0 radical (unpaired) electrons. The van der Waals surface area contributed by atoms with Gasteiger partial charge in [-0.3, -0.25) is 10.1 Å². The summed E-state index contributed by atoms with van der Waals surface area (Å²) in [5.41, 5.74) is 2.08. The Labute approximate surface area is 198 Å². The Balaban J connectivity index is 1.21. The van der Waals surface area contributed by atoms with E-state index in [0.717, 1.165) is 50.0 Å². The zero-order valence-corrected chi connectivity index (χ0v) is 19.1. The predicted molar refractivity (Wildman–Crippen MR) is 131 cm³/mol. The Hall–Kier alpha value is -3.46. The van der Waals surface area contributed by atoms with Gasteiger partial charge in [-0.1, -0.05) is 36.1 Å². The molecular formula is C25H30N6O3. The minimum Gasteiger partial charge on any atom is -0.403 e. The van der Waals surface area contributed by atoms with Crippen LogP contribution in [0.5, 0.6) is 0 Å². The van der Waals surface area contributed by atoms with Crippen LogP contribution in [0.4, 0.5) is 17.4 Å². The van der Waals surface area contributed by atoms with Gasteiger partial charge in [0.1, 0.15) is 0 Å². The topological polar surface area (TPSA) is 109 Å².